The monoisotopic (exact) mass is 387 g/mol. The first-order chi connectivity index (χ1) is 14.3. The maximum Gasteiger partial charge on any atom is 0.287 e. The highest BCUT2D eigenvalue weighted by Crippen LogP contribution is 2.27. The second kappa shape index (κ2) is 8.97. The fraction of sp³-hybridized carbons (Fsp3) is 0.125. The number of rotatable bonds is 8. The quantitative estimate of drug-likeness (QED) is 0.440. The van der Waals surface area contributed by atoms with E-state index in [4.69, 9.17) is 13.9 Å². The van der Waals surface area contributed by atoms with Gasteiger partial charge in [0.1, 0.15) is 30.3 Å². The molecule has 0 saturated carbocycles. The Morgan fingerprint density at radius 1 is 0.793 bits per heavy atom. The fourth-order valence-corrected chi connectivity index (χ4v) is 3.03. The summed E-state index contributed by atoms with van der Waals surface area (Å²) in [5.74, 6) is 1.48. The smallest absolute Gasteiger partial charge is 0.287 e. The van der Waals surface area contributed by atoms with Gasteiger partial charge in [0.2, 0.25) is 0 Å². The SMILES string of the molecule is O=C(NCCOc1ccccc1)c1oc2ccccc2c1COc1ccccc1. The number of hydrogen-bond acceptors (Lipinski definition) is 4. The van der Waals surface area contributed by atoms with Gasteiger partial charge in [0.25, 0.3) is 5.91 Å². The summed E-state index contributed by atoms with van der Waals surface area (Å²) in [6.07, 6.45) is 0. The van der Waals surface area contributed by atoms with Crippen molar-refractivity contribution in [2.75, 3.05) is 13.2 Å². The van der Waals surface area contributed by atoms with Crippen LogP contribution in [0.25, 0.3) is 11.0 Å². The third kappa shape index (κ3) is 4.58. The van der Waals surface area contributed by atoms with Crippen molar-refractivity contribution >= 4 is 16.9 Å². The molecule has 0 atom stereocenters. The van der Waals surface area contributed by atoms with Crippen LogP contribution in [-0.2, 0) is 6.61 Å². The van der Waals surface area contributed by atoms with E-state index in [0.29, 0.717) is 18.7 Å². The van der Waals surface area contributed by atoms with E-state index in [1.165, 1.54) is 0 Å². The Morgan fingerprint density at radius 2 is 1.41 bits per heavy atom. The molecule has 4 rings (SSSR count). The van der Waals surface area contributed by atoms with E-state index in [9.17, 15) is 4.79 Å². The largest absolute Gasteiger partial charge is 0.492 e. The number of amides is 1. The summed E-state index contributed by atoms with van der Waals surface area (Å²) < 4.78 is 17.3. The Hall–Kier alpha value is -3.73. The molecule has 146 valence electrons. The van der Waals surface area contributed by atoms with Crippen LogP contribution in [0.1, 0.15) is 16.1 Å². The van der Waals surface area contributed by atoms with E-state index >= 15 is 0 Å². The molecule has 0 aliphatic rings. The van der Waals surface area contributed by atoms with Crippen molar-refractivity contribution in [3.8, 4) is 11.5 Å². The summed E-state index contributed by atoms with van der Waals surface area (Å²) in [4.78, 5) is 12.7. The van der Waals surface area contributed by atoms with Crippen LogP contribution in [0.15, 0.2) is 89.3 Å². The van der Waals surface area contributed by atoms with Crippen molar-refractivity contribution in [3.63, 3.8) is 0 Å². The molecule has 29 heavy (non-hydrogen) atoms. The van der Waals surface area contributed by atoms with Crippen LogP contribution in [0, 0.1) is 0 Å². The van der Waals surface area contributed by atoms with E-state index in [2.05, 4.69) is 5.32 Å². The van der Waals surface area contributed by atoms with Crippen LogP contribution in [-0.4, -0.2) is 19.1 Å². The highest BCUT2D eigenvalue weighted by molar-refractivity contribution is 5.99. The summed E-state index contributed by atoms with van der Waals surface area (Å²) in [6.45, 7) is 0.972. The molecule has 1 aromatic heterocycles. The number of carbonyl (C=O) groups excluding carboxylic acids is 1. The van der Waals surface area contributed by atoms with Gasteiger partial charge in [-0.15, -0.1) is 0 Å². The Bertz CT molecular complexity index is 1070. The van der Waals surface area contributed by atoms with Gasteiger partial charge in [-0.25, -0.2) is 0 Å². The zero-order chi connectivity index (χ0) is 19.9. The number of furan rings is 1. The summed E-state index contributed by atoms with van der Waals surface area (Å²) in [6, 6.07) is 26.5. The van der Waals surface area contributed by atoms with Gasteiger partial charge in [0, 0.05) is 10.9 Å². The maximum absolute atomic E-state index is 12.7. The van der Waals surface area contributed by atoms with Crippen LogP contribution in [0.3, 0.4) is 0 Å². The lowest BCUT2D eigenvalue weighted by atomic mass is 10.1. The molecule has 5 nitrogen and oxygen atoms in total. The Labute approximate surface area is 168 Å². The van der Waals surface area contributed by atoms with E-state index in [1.807, 2.05) is 84.9 Å². The second-order valence-electron chi connectivity index (χ2n) is 6.43. The van der Waals surface area contributed by atoms with E-state index in [0.717, 1.165) is 22.4 Å². The fourth-order valence-electron chi connectivity index (χ4n) is 3.03. The third-order valence-corrected chi connectivity index (χ3v) is 4.43. The van der Waals surface area contributed by atoms with Gasteiger partial charge in [-0.2, -0.15) is 0 Å². The molecule has 0 bridgehead atoms. The minimum absolute atomic E-state index is 0.240. The minimum Gasteiger partial charge on any atom is -0.492 e. The third-order valence-electron chi connectivity index (χ3n) is 4.43. The summed E-state index contributed by atoms with van der Waals surface area (Å²) in [5.41, 5.74) is 1.38. The molecule has 1 N–H and O–H groups in total. The molecule has 4 aromatic rings. The molecular formula is C24H21NO4. The van der Waals surface area contributed by atoms with Crippen molar-refractivity contribution in [1.29, 1.82) is 0 Å². The molecule has 0 aliphatic heterocycles. The highest BCUT2D eigenvalue weighted by Gasteiger charge is 2.20. The molecule has 0 spiro atoms. The Kier molecular flexibility index (Phi) is 5.76. The highest BCUT2D eigenvalue weighted by atomic mass is 16.5. The normalized spacial score (nSPS) is 10.6. The summed E-state index contributed by atoms with van der Waals surface area (Å²) in [7, 11) is 0. The lowest BCUT2D eigenvalue weighted by molar-refractivity contribution is 0.0918. The van der Waals surface area contributed by atoms with Crippen molar-refractivity contribution < 1.29 is 18.7 Å². The van der Waals surface area contributed by atoms with Gasteiger partial charge in [-0.3, -0.25) is 4.79 Å². The Balaban J connectivity index is 1.44. The molecule has 1 amide bonds. The first-order valence-corrected chi connectivity index (χ1v) is 9.45. The number of hydrogen-bond donors (Lipinski definition) is 1. The van der Waals surface area contributed by atoms with Crippen molar-refractivity contribution in [3.05, 3.63) is 96.3 Å². The minimum atomic E-state index is -0.287. The van der Waals surface area contributed by atoms with E-state index < -0.39 is 0 Å². The number of carbonyl (C=O) groups is 1. The van der Waals surface area contributed by atoms with Crippen LogP contribution in [0.4, 0.5) is 0 Å². The van der Waals surface area contributed by atoms with Gasteiger partial charge >= 0.3 is 0 Å². The maximum atomic E-state index is 12.7. The summed E-state index contributed by atoms with van der Waals surface area (Å²) in [5, 5.41) is 3.73. The molecule has 1 heterocycles. The van der Waals surface area contributed by atoms with Crippen LogP contribution in [0.5, 0.6) is 11.5 Å². The van der Waals surface area contributed by atoms with E-state index in [1.54, 1.807) is 0 Å². The average molecular weight is 387 g/mol. The predicted molar refractivity (Wildman–Crippen MR) is 111 cm³/mol. The molecule has 0 fully saturated rings. The summed E-state index contributed by atoms with van der Waals surface area (Å²) >= 11 is 0. The number of fused-ring (bicyclic) bond motifs is 1. The van der Waals surface area contributed by atoms with Gasteiger partial charge in [-0.1, -0.05) is 54.6 Å². The number of para-hydroxylation sites is 3. The molecule has 0 aliphatic carbocycles. The lowest BCUT2D eigenvalue weighted by Crippen LogP contribution is -2.28. The Morgan fingerprint density at radius 3 is 2.14 bits per heavy atom. The molecule has 0 radical (unpaired) electrons. The first-order valence-electron chi connectivity index (χ1n) is 9.45. The zero-order valence-electron chi connectivity index (χ0n) is 15.8. The second-order valence-corrected chi connectivity index (χ2v) is 6.43. The van der Waals surface area contributed by atoms with Gasteiger partial charge < -0.3 is 19.2 Å². The first kappa shape index (κ1) is 18.6. The zero-order valence-corrected chi connectivity index (χ0v) is 15.8. The molecule has 3 aromatic carbocycles. The molecule has 5 heteroatoms. The standard InChI is InChI=1S/C24H21NO4/c26-24(25-15-16-27-18-9-3-1-4-10-18)23-21(17-28-19-11-5-2-6-12-19)20-13-7-8-14-22(20)29-23/h1-14H,15-17H2,(H,25,26). The molecule has 0 saturated heterocycles. The van der Waals surface area contributed by atoms with Crippen LogP contribution in [0.2, 0.25) is 0 Å². The van der Waals surface area contributed by atoms with Crippen molar-refractivity contribution in [1.82, 2.24) is 5.32 Å². The lowest BCUT2D eigenvalue weighted by Gasteiger charge is -2.09. The van der Waals surface area contributed by atoms with Crippen molar-refractivity contribution in [2.45, 2.75) is 6.61 Å². The van der Waals surface area contributed by atoms with Crippen LogP contribution >= 0.6 is 0 Å². The topological polar surface area (TPSA) is 60.7 Å². The number of nitrogens with one attached hydrogen (secondary N) is 1. The van der Waals surface area contributed by atoms with Crippen LogP contribution < -0.4 is 14.8 Å². The van der Waals surface area contributed by atoms with Crippen molar-refractivity contribution in [2.24, 2.45) is 0 Å². The van der Waals surface area contributed by atoms with Gasteiger partial charge in [0.05, 0.1) is 6.54 Å². The van der Waals surface area contributed by atoms with Gasteiger partial charge in [-0.05, 0) is 30.3 Å². The van der Waals surface area contributed by atoms with E-state index in [-0.39, 0.29) is 18.3 Å². The predicted octanol–water partition coefficient (Wildman–Crippen LogP) is 4.82. The van der Waals surface area contributed by atoms with Gasteiger partial charge in [0.15, 0.2) is 5.76 Å². The molecular weight excluding hydrogens is 366 g/mol. The number of benzene rings is 3. The molecule has 0 unspecified atom stereocenters. The number of ether oxygens (including phenoxy) is 2. The average Bonchev–Trinajstić information content (AvgIpc) is 3.15.